The van der Waals surface area contributed by atoms with Crippen molar-refractivity contribution in [1.29, 1.82) is 0 Å². The zero-order chi connectivity index (χ0) is 13.6. The van der Waals surface area contributed by atoms with Crippen LogP contribution in [-0.4, -0.2) is 13.1 Å². The monoisotopic (exact) mass is 331 g/mol. The van der Waals surface area contributed by atoms with Crippen molar-refractivity contribution in [1.82, 2.24) is 5.32 Å². The third-order valence-electron chi connectivity index (χ3n) is 3.31. The smallest absolute Gasteiger partial charge is 0.0317 e. The Labute approximate surface area is 125 Å². The molecular weight excluding hydrogens is 306 g/mol. The molecule has 1 rings (SSSR count). The second-order valence-corrected chi connectivity index (χ2v) is 7.99. The van der Waals surface area contributed by atoms with E-state index in [2.05, 4.69) is 55.0 Å². The third kappa shape index (κ3) is 5.85. The van der Waals surface area contributed by atoms with Crippen LogP contribution < -0.4 is 5.32 Å². The van der Waals surface area contributed by atoms with Gasteiger partial charge in [0.25, 0.3) is 0 Å². The Morgan fingerprint density at radius 2 is 2.00 bits per heavy atom. The van der Waals surface area contributed by atoms with Crippen molar-refractivity contribution in [3.8, 4) is 0 Å². The van der Waals surface area contributed by atoms with Crippen molar-refractivity contribution >= 4 is 27.3 Å². The Morgan fingerprint density at radius 3 is 2.56 bits per heavy atom. The Bertz CT molecular complexity index is 357. The highest BCUT2D eigenvalue weighted by Gasteiger charge is 2.18. The molecule has 0 aromatic carbocycles. The lowest BCUT2D eigenvalue weighted by Gasteiger charge is -2.24. The van der Waals surface area contributed by atoms with Crippen LogP contribution in [-0.2, 0) is 6.42 Å². The predicted molar refractivity (Wildman–Crippen MR) is 86.6 cm³/mol. The minimum atomic E-state index is 0.429. The summed E-state index contributed by atoms with van der Waals surface area (Å²) in [7, 11) is 0. The lowest BCUT2D eigenvalue weighted by atomic mass is 9.84. The summed E-state index contributed by atoms with van der Waals surface area (Å²) in [6, 6.07) is 2.23. The van der Waals surface area contributed by atoms with Crippen LogP contribution in [0.4, 0.5) is 0 Å². The zero-order valence-electron chi connectivity index (χ0n) is 12.1. The molecule has 18 heavy (non-hydrogen) atoms. The Hall–Kier alpha value is 0.140. The summed E-state index contributed by atoms with van der Waals surface area (Å²) in [6.45, 7) is 11.5. The topological polar surface area (TPSA) is 12.0 Å². The molecule has 0 saturated carbocycles. The summed E-state index contributed by atoms with van der Waals surface area (Å²) in [4.78, 5) is 2.90. The molecule has 0 bridgehead atoms. The summed E-state index contributed by atoms with van der Waals surface area (Å²) in [6.07, 6.45) is 4.94. The molecule has 0 radical (unpaired) electrons. The van der Waals surface area contributed by atoms with Gasteiger partial charge in [-0.2, -0.15) is 0 Å². The van der Waals surface area contributed by atoms with Gasteiger partial charge in [0, 0.05) is 14.2 Å². The number of halogens is 1. The van der Waals surface area contributed by atoms with E-state index in [0.717, 1.165) is 13.1 Å². The van der Waals surface area contributed by atoms with Gasteiger partial charge in [0.15, 0.2) is 0 Å². The van der Waals surface area contributed by atoms with E-state index >= 15 is 0 Å². The Kier molecular flexibility index (Phi) is 6.89. The molecule has 0 fully saturated rings. The van der Waals surface area contributed by atoms with Crippen LogP contribution in [0, 0.1) is 12.3 Å². The number of hydrogen-bond donors (Lipinski definition) is 1. The number of hydrogen-bond acceptors (Lipinski definition) is 2. The van der Waals surface area contributed by atoms with E-state index in [1.54, 1.807) is 0 Å². The first-order chi connectivity index (χ1) is 8.44. The van der Waals surface area contributed by atoms with Crippen molar-refractivity contribution in [2.45, 2.75) is 53.4 Å². The molecule has 1 N–H and O–H groups in total. The van der Waals surface area contributed by atoms with Gasteiger partial charge < -0.3 is 5.32 Å². The van der Waals surface area contributed by atoms with Gasteiger partial charge in [-0.05, 0) is 73.1 Å². The molecule has 1 aromatic heterocycles. The largest absolute Gasteiger partial charge is 0.317 e. The molecule has 0 saturated heterocycles. The zero-order valence-corrected chi connectivity index (χ0v) is 14.5. The fourth-order valence-corrected chi connectivity index (χ4v) is 3.87. The SMILES string of the molecule is CCCNCCC(C)(C)CCc1sc(C)cc1Br. The van der Waals surface area contributed by atoms with Crippen molar-refractivity contribution in [3.63, 3.8) is 0 Å². The molecule has 1 heterocycles. The number of aryl methyl sites for hydroxylation is 2. The van der Waals surface area contributed by atoms with Crippen molar-refractivity contribution in [3.05, 3.63) is 20.3 Å². The molecule has 0 spiro atoms. The molecule has 0 amide bonds. The first-order valence-electron chi connectivity index (χ1n) is 6.90. The highest BCUT2D eigenvalue weighted by atomic mass is 79.9. The maximum absolute atomic E-state index is 3.66. The first-order valence-corrected chi connectivity index (χ1v) is 8.51. The minimum absolute atomic E-state index is 0.429. The normalized spacial score (nSPS) is 12.1. The summed E-state index contributed by atoms with van der Waals surface area (Å²) >= 11 is 5.58. The fraction of sp³-hybridized carbons (Fsp3) is 0.733. The quantitative estimate of drug-likeness (QED) is 0.648. The number of nitrogens with one attached hydrogen (secondary N) is 1. The standard InChI is InChI=1S/C15H26BrNS/c1-5-9-17-10-8-15(3,4)7-6-14-13(16)11-12(2)18-14/h11,17H,5-10H2,1-4H3. The molecule has 3 heteroatoms. The second-order valence-electron chi connectivity index (χ2n) is 5.79. The molecule has 1 aromatic rings. The summed E-state index contributed by atoms with van der Waals surface area (Å²) in [5.74, 6) is 0. The van der Waals surface area contributed by atoms with Gasteiger partial charge in [-0.1, -0.05) is 20.8 Å². The van der Waals surface area contributed by atoms with E-state index < -0.39 is 0 Å². The van der Waals surface area contributed by atoms with Gasteiger partial charge in [0.1, 0.15) is 0 Å². The van der Waals surface area contributed by atoms with Gasteiger partial charge in [-0.15, -0.1) is 11.3 Å². The molecule has 0 atom stereocenters. The average molecular weight is 332 g/mol. The predicted octanol–water partition coefficient (Wildman–Crippen LogP) is 5.17. The van der Waals surface area contributed by atoms with Crippen LogP contribution in [0.1, 0.15) is 49.8 Å². The highest BCUT2D eigenvalue weighted by Crippen LogP contribution is 2.32. The van der Waals surface area contributed by atoms with Crippen LogP contribution in [0.15, 0.2) is 10.5 Å². The minimum Gasteiger partial charge on any atom is -0.317 e. The lowest BCUT2D eigenvalue weighted by molar-refractivity contribution is 0.303. The van der Waals surface area contributed by atoms with Crippen molar-refractivity contribution < 1.29 is 0 Å². The molecular formula is C15H26BrNS. The van der Waals surface area contributed by atoms with E-state index in [-0.39, 0.29) is 0 Å². The average Bonchev–Trinajstić information content (AvgIpc) is 2.61. The van der Waals surface area contributed by atoms with Crippen molar-refractivity contribution in [2.75, 3.05) is 13.1 Å². The van der Waals surface area contributed by atoms with Gasteiger partial charge in [-0.3, -0.25) is 0 Å². The maximum atomic E-state index is 3.66. The number of thiophene rings is 1. The van der Waals surface area contributed by atoms with E-state index in [4.69, 9.17) is 0 Å². The summed E-state index contributed by atoms with van der Waals surface area (Å²) in [5, 5.41) is 3.50. The molecule has 104 valence electrons. The molecule has 0 aliphatic carbocycles. The lowest BCUT2D eigenvalue weighted by Crippen LogP contribution is -2.23. The molecule has 0 unspecified atom stereocenters. The summed E-state index contributed by atoms with van der Waals surface area (Å²) < 4.78 is 1.30. The van der Waals surface area contributed by atoms with Crippen LogP contribution >= 0.6 is 27.3 Å². The van der Waals surface area contributed by atoms with Crippen LogP contribution in [0.3, 0.4) is 0 Å². The van der Waals surface area contributed by atoms with E-state index in [1.165, 1.54) is 39.9 Å². The van der Waals surface area contributed by atoms with Crippen molar-refractivity contribution in [2.24, 2.45) is 5.41 Å². The van der Waals surface area contributed by atoms with Gasteiger partial charge in [0.2, 0.25) is 0 Å². The molecule has 0 aliphatic heterocycles. The molecule has 1 nitrogen and oxygen atoms in total. The highest BCUT2D eigenvalue weighted by molar-refractivity contribution is 9.10. The maximum Gasteiger partial charge on any atom is 0.0317 e. The molecule has 0 aliphatic rings. The van der Waals surface area contributed by atoms with Gasteiger partial charge in [0.05, 0.1) is 0 Å². The van der Waals surface area contributed by atoms with Gasteiger partial charge >= 0.3 is 0 Å². The first kappa shape index (κ1) is 16.2. The van der Waals surface area contributed by atoms with Crippen LogP contribution in [0.25, 0.3) is 0 Å². The van der Waals surface area contributed by atoms with E-state index in [9.17, 15) is 0 Å². The second kappa shape index (κ2) is 7.66. The fourth-order valence-electron chi connectivity index (χ4n) is 2.01. The van der Waals surface area contributed by atoms with Crippen LogP contribution in [0.5, 0.6) is 0 Å². The van der Waals surface area contributed by atoms with Gasteiger partial charge in [-0.25, -0.2) is 0 Å². The Balaban J connectivity index is 2.34. The van der Waals surface area contributed by atoms with E-state index in [1.807, 2.05) is 11.3 Å². The Morgan fingerprint density at radius 1 is 1.28 bits per heavy atom. The van der Waals surface area contributed by atoms with Crippen LogP contribution in [0.2, 0.25) is 0 Å². The summed E-state index contributed by atoms with van der Waals surface area (Å²) in [5.41, 5.74) is 0.429. The van der Waals surface area contributed by atoms with E-state index in [0.29, 0.717) is 5.41 Å². The number of rotatable bonds is 8. The third-order valence-corrected chi connectivity index (χ3v) is 5.39.